The highest BCUT2D eigenvalue weighted by atomic mass is 35.5. The van der Waals surface area contributed by atoms with Crippen LogP contribution in [0.25, 0.3) is 0 Å². The first kappa shape index (κ1) is 23.7. The van der Waals surface area contributed by atoms with Crippen LogP contribution in [0.1, 0.15) is 34.3 Å². The van der Waals surface area contributed by atoms with E-state index in [1.807, 2.05) is 26.0 Å². The van der Waals surface area contributed by atoms with Crippen LogP contribution in [-0.4, -0.2) is 30.2 Å². The molecule has 0 aliphatic carbocycles. The Hall–Kier alpha value is -2.97. The van der Waals surface area contributed by atoms with Crippen LogP contribution in [0.5, 0.6) is 5.75 Å². The van der Waals surface area contributed by atoms with Crippen molar-refractivity contribution >= 4 is 40.9 Å². The number of ether oxygens (including phenoxy) is 2. The van der Waals surface area contributed by atoms with Crippen LogP contribution in [0.4, 0.5) is 5.69 Å². The third kappa shape index (κ3) is 5.63. The van der Waals surface area contributed by atoms with Gasteiger partial charge in [0.25, 0.3) is 5.91 Å². The Kier molecular flexibility index (Phi) is 7.82. The molecule has 9 heteroatoms. The van der Waals surface area contributed by atoms with Gasteiger partial charge in [-0.05, 0) is 51.1 Å². The van der Waals surface area contributed by atoms with Gasteiger partial charge in [-0.1, -0.05) is 28.9 Å². The molecule has 0 radical (unpaired) electrons. The van der Waals surface area contributed by atoms with Crippen molar-refractivity contribution in [2.24, 2.45) is 0 Å². The summed E-state index contributed by atoms with van der Waals surface area (Å²) in [5.41, 5.74) is 2.57. The van der Waals surface area contributed by atoms with E-state index in [9.17, 15) is 9.59 Å². The van der Waals surface area contributed by atoms with Crippen molar-refractivity contribution in [1.29, 1.82) is 0 Å². The summed E-state index contributed by atoms with van der Waals surface area (Å²) in [6.07, 6.45) is -1.04. The summed E-state index contributed by atoms with van der Waals surface area (Å²) in [5, 5.41) is 7.08. The molecule has 0 aliphatic heterocycles. The average Bonchev–Trinajstić information content (AvgIpc) is 3.09. The van der Waals surface area contributed by atoms with Crippen LogP contribution in [0.15, 0.2) is 51.9 Å². The number of nitrogens with zero attached hydrogens (tertiary/aromatic N) is 1. The molecule has 0 bridgehead atoms. The first-order valence-corrected chi connectivity index (χ1v) is 11.2. The molecule has 1 unspecified atom stereocenters. The summed E-state index contributed by atoms with van der Waals surface area (Å²) in [4.78, 5) is 26.1. The highest BCUT2D eigenvalue weighted by Gasteiger charge is 2.22. The number of benzene rings is 2. The van der Waals surface area contributed by atoms with Crippen LogP contribution >= 0.6 is 23.4 Å². The van der Waals surface area contributed by atoms with Gasteiger partial charge in [0.1, 0.15) is 11.5 Å². The topological polar surface area (TPSA) is 90.7 Å². The van der Waals surface area contributed by atoms with E-state index in [0.29, 0.717) is 27.8 Å². The lowest BCUT2D eigenvalue weighted by Gasteiger charge is -2.16. The molecule has 3 rings (SSSR count). The standard InChI is InChI=1S/C23H23ClN2O5S/c1-13-18(14(2)31-26-13)12-32-21-8-6-5-7-17(21)23(28)30-15(3)22(27)25-19-11-16(24)9-10-20(19)29-4/h5-11,15H,12H2,1-4H3,(H,25,27). The van der Waals surface area contributed by atoms with Gasteiger partial charge in [0.2, 0.25) is 0 Å². The summed E-state index contributed by atoms with van der Waals surface area (Å²) in [7, 11) is 1.49. The predicted octanol–water partition coefficient (Wildman–Crippen LogP) is 5.43. The number of esters is 1. The smallest absolute Gasteiger partial charge is 0.340 e. The van der Waals surface area contributed by atoms with Crippen molar-refractivity contribution in [1.82, 2.24) is 5.16 Å². The second kappa shape index (κ2) is 10.6. The Morgan fingerprint density at radius 2 is 1.97 bits per heavy atom. The molecule has 0 saturated carbocycles. The molecule has 3 aromatic rings. The third-order valence-corrected chi connectivity index (χ3v) is 6.07. The zero-order valence-electron chi connectivity index (χ0n) is 18.1. The van der Waals surface area contributed by atoms with Crippen LogP contribution < -0.4 is 10.1 Å². The van der Waals surface area contributed by atoms with Crippen LogP contribution in [0.2, 0.25) is 5.02 Å². The Bertz CT molecular complexity index is 1110. The second-order valence-corrected chi connectivity index (χ2v) is 8.42. The lowest BCUT2D eigenvalue weighted by molar-refractivity contribution is -0.123. The van der Waals surface area contributed by atoms with E-state index in [0.717, 1.165) is 21.9 Å². The van der Waals surface area contributed by atoms with Gasteiger partial charge in [-0.15, -0.1) is 11.8 Å². The number of anilines is 1. The minimum Gasteiger partial charge on any atom is -0.495 e. The molecule has 0 fully saturated rings. The Labute approximate surface area is 195 Å². The van der Waals surface area contributed by atoms with Crippen molar-refractivity contribution in [3.63, 3.8) is 0 Å². The Morgan fingerprint density at radius 3 is 2.66 bits per heavy atom. The van der Waals surface area contributed by atoms with Gasteiger partial charge in [-0.25, -0.2) is 4.79 Å². The largest absolute Gasteiger partial charge is 0.495 e. The normalized spacial score (nSPS) is 11.7. The van der Waals surface area contributed by atoms with Gasteiger partial charge in [0.05, 0.1) is 24.1 Å². The molecule has 1 aromatic heterocycles. The zero-order valence-corrected chi connectivity index (χ0v) is 19.7. The quantitative estimate of drug-likeness (QED) is 0.344. The van der Waals surface area contributed by atoms with E-state index in [1.54, 1.807) is 30.3 Å². The molecule has 7 nitrogen and oxygen atoms in total. The van der Waals surface area contributed by atoms with Gasteiger partial charge in [0.15, 0.2) is 6.10 Å². The molecule has 0 saturated heterocycles. The van der Waals surface area contributed by atoms with Gasteiger partial charge in [-0.3, -0.25) is 4.79 Å². The summed E-state index contributed by atoms with van der Waals surface area (Å²) >= 11 is 7.47. The fourth-order valence-electron chi connectivity index (χ4n) is 2.91. The fraction of sp³-hybridized carbons (Fsp3) is 0.261. The van der Waals surface area contributed by atoms with E-state index >= 15 is 0 Å². The highest BCUT2D eigenvalue weighted by Crippen LogP contribution is 2.30. The van der Waals surface area contributed by atoms with E-state index in [4.69, 9.17) is 25.6 Å². The van der Waals surface area contributed by atoms with Crippen LogP contribution in [0, 0.1) is 13.8 Å². The summed E-state index contributed by atoms with van der Waals surface area (Å²) in [6.45, 7) is 5.23. The van der Waals surface area contributed by atoms with Gasteiger partial charge >= 0.3 is 5.97 Å². The number of thioether (sulfide) groups is 1. The van der Waals surface area contributed by atoms with E-state index in [-0.39, 0.29) is 0 Å². The number of nitrogens with one attached hydrogen (secondary N) is 1. The third-order valence-electron chi connectivity index (χ3n) is 4.73. The van der Waals surface area contributed by atoms with Gasteiger partial charge < -0.3 is 19.3 Å². The molecule has 1 N–H and O–H groups in total. The van der Waals surface area contributed by atoms with Crippen LogP contribution in [0.3, 0.4) is 0 Å². The zero-order chi connectivity index (χ0) is 23.3. The van der Waals surface area contributed by atoms with E-state index in [1.165, 1.54) is 25.8 Å². The van der Waals surface area contributed by atoms with Gasteiger partial charge in [0, 0.05) is 21.2 Å². The first-order chi connectivity index (χ1) is 15.3. The molecule has 0 spiro atoms. The lowest BCUT2D eigenvalue weighted by Crippen LogP contribution is -2.30. The van der Waals surface area contributed by atoms with E-state index < -0.39 is 18.0 Å². The summed E-state index contributed by atoms with van der Waals surface area (Å²) < 4.78 is 15.9. The molecular formula is C23H23ClN2O5S. The lowest BCUT2D eigenvalue weighted by atomic mass is 10.2. The number of aryl methyl sites for hydroxylation is 2. The SMILES string of the molecule is COc1ccc(Cl)cc1NC(=O)C(C)OC(=O)c1ccccc1SCc1c(C)noc1C. The maximum Gasteiger partial charge on any atom is 0.340 e. The second-order valence-electron chi connectivity index (χ2n) is 6.97. The number of methoxy groups -OCH3 is 1. The van der Waals surface area contributed by atoms with Crippen molar-refractivity contribution in [2.45, 2.75) is 37.5 Å². The Balaban J connectivity index is 1.68. The number of hydrogen-bond acceptors (Lipinski definition) is 7. The van der Waals surface area contributed by atoms with E-state index in [2.05, 4.69) is 10.5 Å². The Morgan fingerprint density at radius 1 is 1.22 bits per heavy atom. The molecule has 2 aromatic carbocycles. The minimum atomic E-state index is -1.04. The monoisotopic (exact) mass is 474 g/mol. The summed E-state index contributed by atoms with van der Waals surface area (Å²) in [5.74, 6) is 0.697. The number of amides is 1. The molecule has 0 aliphatic rings. The molecule has 1 amide bonds. The maximum atomic E-state index is 12.8. The number of rotatable bonds is 8. The molecule has 1 heterocycles. The first-order valence-electron chi connectivity index (χ1n) is 9.79. The van der Waals surface area contributed by atoms with Crippen molar-refractivity contribution < 1.29 is 23.6 Å². The predicted molar refractivity (Wildman–Crippen MR) is 123 cm³/mol. The molecule has 168 valence electrons. The molecule has 1 atom stereocenters. The number of aromatic nitrogens is 1. The average molecular weight is 475 g/mol. The number of halogens is 1. The van der Waals surface area contributed by atoms with Gasteiger partial charge in [-0.2, -0.15) is 0 Å². The molecular weight excluding hydrogens is 452 g/mol. The highest BCUT2D eigenvalue weighted by molar-refractivity contribution is 7.98. The maximum absolute atomic E-state index is 12.8. The van der Waals surface area contributed by atoms with Crippen LogP contribution in [-0.2, 0) is 15.3 Å². The van der Waals surface area contributed by atoms with Crippen molar-refractivity contribution in [3.8, 4) is 5.75 Å². The number of carbonyl (C=O) groups is 2. The molecule has 32 heavy (non-hydrogen) atoms. The number of carbonyl (C=O) groups excluding carboxylic acids is 2. The fourth-order valence-corrected chi connectivity index (χ4v) is 4.27. The number of hydrogen-bond donors (Lipinski definition) is 1. The minimum absolute atomic E-state index is 0.379. The van der Waals surface area contributed by atoms with Crippen molar-refractivity contribution in [3.05, 3.63) is 70.1 Å². The van der Waals surface area contributed by atoms with Crippen molar-refractivity contribution in [2.75, 3.05) is 12.4 Å². The summed E-state index contributed by atoms with van der Waals surface area (Å²) in [6, 6.07) is 11.9.